The molecule has 0 saturated carbocycles. The van der Waals surface area contributed by atoms with E-state index in [1.165, 1.54) is 0 Å². The predicted octanol–water partition coefficient (Wildman–Crippen LogP) is 2.94. The molecule has 0 unspecified atom stereocenters. The van der Waals surface area contributed by atoms with Crippen LogP contribution in [0.4, 0.5) is 0 Å². The van der Waals surface area contributed by atoms with E-state index in [2.05, 4.69) is 4.98 Å². The molecule has 108 valence electrons. The number of esters is 1. The minimum atomic E-state index is -0.458. The van der Waals surface area contributed by atoms with Crippen LogP contribution in [0.15, 0.2) is 4.42 Å². The summed E-state index contributed by atoms with van der Waals surface area (Å²) in [5.41, 5.74) is 0.255. The van der Waals surface area contributed by atoms with Gasteiger partial charge >= 0.3 is 5.97 Å². The SMILES string of the molecule is CCOC(=O)c1oc(CC(C)(C)OC)nc1C(C)C. The Morgan fingerprint density at radius 3 is 2.53 bits per heavy atom. The molecule has 0 radical (unpaired) electrons. The lowest BCUT2D eigenvalue weighted by Gasteiger charge is -2.20. The monoisotopic (exact) mass is 269 g/mol. The lowest BCUT2D eigenvalue weighted by Crippen LogP contribution is -2.25. The molecule has 0 N–H and O–H groups in total. The van der Waals surface area contributed by atoms with Gasteiger partial charge in [0.05, 0.1) is 24.3 Å². The van der Waals surface area contributed by atoms with E-state index in [9.17, 15) is 4.79 Å². The molecule has 0 bridgehead atoms. The molecule has 5 nitrogen and oxygen atoms in total. The van der Waals surface area contributed by atoms with Crippen LogP contribution in [-0.2, 0) is 15.9 Å². The first-order chi connectivity index (χ1) is 8.80. The van der Waals surface area contributed by atoms with Gasteiger partial charge in [-0.15, -0.1) is 0 Å². The van der Waals surface area contributed by atoms with Crippen molar-refractivity contribution < 1.29 is 18.7 Å². The van der Waals surface area contributed by atoms with Gasteiger partial charge in [-0.2, -0.15) is 0 Å². The lowest BCUT2D eigenvalue weighted by atomic mass is 10.1. The fraction of sp³-hybridized carbons (Fsp3) is 0.714. The Morgan fingerprint density at radius 2 is 2.05 bits per heavy atom. The largest absolute Gasteiger partial charge is 0.460 e. The minimum Gasteiger partial charge on any atom is -0.460 e. The third kappa shape index (κ3) is 4.06. The normalized spacial score (nSPS) is 11.9. The molecule has 0 aliphatic rings. The van der Waals surface area contributed by atoms with Crippen molar-refractivity contribution in [1.29, 1.82) is 0 Å². The zero-order valence-electron chi connectivity index (χ0n) is 12.6. The number of ether oxygens (including phenoxy) is 2. The van der Waals surface area contributed by atoms with E-state index in [0.29, 0.717) is 24.6 Å². The van der Waals surface area contributed by atoms with Crippen LogP contribution in [0, 0.1) is 0 Å². The van der Waals surface area contributed by atoms with E-state index in [1.807, 2.05) is 27.7 Å². The van der Waals surface area contributed by atoms with E-state index in [-0.39, 0.29) is 17.3 Å². The summed E-state index contributed by atoms with van der Waals surface area (Å²) in [6.07, 6.45) is 0.503. The molecule has 1 rings (SSSR count). The first-order valence-electron chi connectivity index (χ1n) is 6.52. The van der Waals surface area contributed by atoms with Gasteiger partial charge in [0, 0.05) is 7.11 Å². The van der Waals surface area contributed by atoms with Crippen LogP contribution in [0.2, 0.25) is 0 Å². The van der Waals surface area contributed by atoms with Crippen LogP contribution in [0.3, 0.4) is 0 Å². The Labute approximate surface area is 114 Å². The van der Waals surface area contributed by atoms with Gasteiger partial charge in [0.2, 0.25) is 5.76 Å². The molecule has 0 aliphatic heterocycles. The Kier molecular flexibility index (Phi) is 5.11. The lowest BCUT2D eigenvalue weighted by molar-refractivity contribution is 0.0173. The van der Waals surface area contributed by atoms with Gasteiger partial charge in [-0.1, -0.05) is 13.8 Å². The molecule has 0 spiro atoms. The summed E-state index contributed by atoms with van der Waals surface area (Å²) in [4.78, 5) is 16.2. The Balaban J connectivity index is 3.04. The summed E-state index contributed by atoms with van der Waals surface area (Å²) in [6, 6.07) is 0. The summed E-state index contributed by atoms with van der Waals surface area (Å²) in [5.74, 6) is 0.347. The van der Waals surface area contributed by atoms with E-state index < -0.39 is 5.97 Å². The molecule has 1 heterocycles. The van der Waals surface area contributed by atoms with E-state index in [1.54, 1.807) is 14.0 Å². The van der Waals surface area contributed by atoms with Crippen molar-refractivity contribution in [2.75, 3.05) is 13.7 Å². The number of carbonyl (C=O) groups is 1. The average molecular weight is 269 g/mol. The molecule has 0 aromatic carbocycles. The second-order valence-electron chi connectivity index (χ2n) is 5.34. The number of methoxy groups -OCH3 is 1. The highest BCUT2D eigenvalue weighted by atomic mass is 16.5. The van der Waals surface area contributed by atoms with Crippen LogP contribution in [0.1, 0.15) is 62.7 Å². The van der Waals surface area contributed by atoms with Crippen LogP contribution in [-0.4, -0.2) is 30.3 Å². The van der Waals surface area contributed by atoms with Crippen LogP contribution in [0.25, 0.3) is 0 Å². The molecule has 0 amide bonds. The van der Waals surface area contributed by atoms with Gasteiger partial charge < -0.3 is 13.9 Å². The third-order valence-electron chi connectivity index (χ3n) is 2.83. The van der Waals surface area contributed by atoms with Crippen LogP contribution in [0.5, 0.6) is 0 Å². The first-order valence-corrected chi connectivity index (χ1v) is 6.52. The van der Waals surface area contributed by atoms with Crippen molar-refractivity contribution in [2.45, 2.75) is 52.6 Å². The summed E-state index contributed by atoms with van der Waals surface area (Å²) in [6.45, 7) is 9.89. The Morgan fingerprint density at radius 1 is 1.42 bits per heavy atom. The average Bonchev–Trinajstić information content (AvgIpc) is 2.73. The van der Waals surface area contributed by atoms with Gasteiger partial charge in [0.1, 0.15) is 0 Å². The molecular weight excluding hydrogens is 246 g/mol. The van der Waals surface area contributed by atoms with Crippen molar-refractivity contribution in [2.24, 2.45) is 0 Å². The fourth-order valence-corrected chi connectivity index (χ4v) is 1.62. The summed E-state index contributed by atoms with van der Waals surface area (Å²) >= 11 is 0. The van der Waals surface area contributed by atoms with Crippen molar-refractivity contribution in [3.63, 3.8) is 0 Å². The third-order valence-corrected chi connectivity index (χ3v) is 2.83. The maximum absolute atomic E-state index is 11.8. The highest BCUT2D eigenvalue weighted by Gasteiger charge is 2.27. The number of nitrogens with zero attached hydrogens (tertiary/aromatic N) is 1. The molecule has 0 saturated heterocycles. The Bertz CT molecular complexity index is 435. The topological polar surface area (TPSA) is 61.6 Å². The molecule has 0 aliphatic carbocycles. The first kappa shape index (κ1) is 15.7. The van der Waals surface area contributed by atoms with Gasteiger partial charge in [0.25, 0.3) is 0 Å². The zero-order chi connectivity index (χ0) is 14.6. The predicted molar refractivity (Wildman–Crippen MR) is 71.3 cm³/mol. The van der Waals surface area contributed by atoms with E-state index >= 15 is 0 Å². The van der Waals surface area contributed by atoms with Gasteiger partial charge in [-0.25, -0.2) is 9.78 Å². The maximum Gasteiger partial charge on any atom is 0.376 e. The van der Waals surface area contributed by atoms with E-state index in [0.717, 1.165) is 0 Å². The standard InChI is InChI=1S/C14H23NO4/c1-7-18-13(16)12-11(9(2)3)15-10(19-12)8-14(4,5)17-6/h9H,7-8H2,1-6H3. The summed E-state index contributed by atoms with van der Waals surface area (Å²) in [7, 11) is 1.64. The molecular formula is C14H23NO4. The highest BCUT2D eigenvalue weighted by Crippen LogP contribution is 2.24. The maximum atomic E-state index is 11.8. The number of rotatable bonds is 6. The molecule has 0 fully saturated rings. The second kappa shape index (κ2) is 6.19. The zero-order valence-corrected chi connectivity index (χ0v) is 12.6. The number of oxazole rings is 1. The molecule has 1 aromatic rings. The van der Waals surface area contributed by atoms with Crippen molar-refractivity contribution >= 4 is 5.97 Å². The van der Waals surface area contributed by atoms with Crippen molar-refractivity contribution in [3.8, 4) is 0 Å². The van der Waals surface area contributed by atoms with Gasteiger partial charge in [-0.05, 0) is 26.7 Å². The van der Waals surface area contributed by atoms with Gasteiger partial charge in [-0.3, -0.25) is 0 Å². The number of hydrogen-bond donors (Lipinski definition) is 0. The van der Waals surface area contributed by atoms with Crippen molar-refractivity contribution in [3.05, 3.63) is 17.3 Å². The number of carbonyl (C=O) groups excluding carboxylic acids is 1. The number of aromatic nitrogens is 1. The quantitative estimate of drug-likeness (QED) is 0.743. The highest BCUT2D eigenvalue weighted by molar-refractivity contribution is 5.87. The summed E-state index contributed by atoms with van der Waals surface area (Å²) in [5, 5.41) is 0. The molecule has 0 atom stereocenters. The van der Waals surface area contributed by atoms with Crippen LogP contribution >= 0.6 is 0 Å². The summed E-state index contributed by atoms with van der Waals surface area (Å²) < 4.78 is 15.9. The smallest absolute Gasteiger partial charge is 0.376 e. The molecule has 1 aromatic heterocycles. The molecule has 19 heavy (non-hydrogen) atoms. The molecule has 5 heteroatoms. The van der Waals surface area contributed by atoms with Crippen LogP contribution < -0.4 is 0 Å². The van der Waals surface area contributed by atoms with E-state index in [4.69, 9.17) is 13.9 Å². The number of hydrogen-bond acceptors (Lipinski definition) is 5. The Hall–Kier alpha value is -1.36. The van der Waals surface area contributed by atoms with Gasteiger partial charge in [0.15, 0.2) is 5.89 Å². The minimum absolute atomic E-state index is 0.0996. The van der Waals surface area contributed by atoms with Crippen molar-refractivity contribution in [1.82, 2.24) is 4.98 Å². The second-order valence-corrected chi connectivity index (χ2v) is 5.34. The fourth-order valence-electron chi connectivity index (χ4n) is 1.62.